The van der Waals surface area contributed by atoms with E-state index in [4.69, 9.17) is 27.9 Å². The number of carbonyl (C=O) groups excluding carboxylic acids is 2. The van der Waals surface area contributed by atoms with Crippen LogP contribution < -0.4 is 0 Å². The molecule has 0 unspecified atom stereocenters. The lowest BCUT2D eigenvalue weighted by Crippen LogP contribution is -2.29. The standard InChI is InChI=1S/C18H19Cl2NO3/c1-18(2,3)24-17(23)21-14-9-13(20)12(19)8-11(14)10-6-4-5-7-15(22)16(10)21/h8-9H,4-7H2,1-3H3. The number of aryl methyl sites for hydroxylation is 1. The van der Waals surface area contributed by atoms with Crippen LogP contribution in [0.4, 0.5) is 4.79 Å². The molecule has 1 aromatic heterocycles. The monoisotopic (exact) mass is 367 g/mol. The summed E-state index contributed by atoms with van der Waals surface area (Å²) in [6.07, 6.45) is 2.29. The average molecular weight is 368 g/mol. The number of nitrogens with zero attached hydrogens (tertiary/aromatic N) is 1. The first-order valence-corrected chi connectivity index (χ1v) is 8.73. The highest BCUT2D eigenvalue weighted by Gasteiger charge is 2.30. The van der Waals surface area contributed by atoms with Crippen molar-refractivity contribution in [2.45, 2.75) is 52.1 Å². The molecule has 0 bridgehead atoms. The number of benzene rings is 1. The Balaban J connectivity index is 2.31. The molecule has 128 valence electrons. The fourth-order valence-corrected chi connectivity index (χ4v) is 3.42. The highest BCUT2D eigenvalue weighted by molar-refractivity contribution is 6.43. The number of halogens is 2. The van der Waals surface area contributed by atoms with Crippen molar-refractivity contribution in [2.24, 2.45) is 0 Å². The fourth-order valence-electron chi connectivity index (χ4n) is 3.10. The van der Waals surface area contributed by atoms with Gasteiger partial charge in [0.1, 0.15) is 5.60 Å². The molecule has 4 nitrogen and oxygen atoms in total. The molecule has 1 aliphatic carbocycles. The SMILES string of the molecule is CC(C)(C)OC(=O)n1c2c(c3cc(Cl)c(Cl)cc31)CCCCC2=O. The minimum Gasteiger partial charge on any atom is -0.443 e. The van der Waals surface area contributed by atoms with Gasteiger partial charge in [-0.2, -0.15) is 0 Å². The zero-order chi connectivity index (χ0) is 17.6. The van der Waals surface area contributed by atoms with E-state index in [0.29, 0.717) is 27.7 Å². The van der Waals surface area contributed by atoms with Gasteiger partial charge in [-0.15, -0.1) is 0 Å². The van der Waals surface area contributed by atoms with Gasteiger partial charge in [0.05, 0.1) is 21.3 Å². The molecule has 1 aromatic carbocycles. The van der Waals surface area contributed by atoms with Gasteiger partial charge in [-0.3, -0.25) is 4.79 Å². The number of ether oxygens (including phenoxy) is 1. The van der Waals surface area contributed by atoms with Crippen LogP contribution in [0.25, 0.3) is 10.9 Å². The molecule has 3 rings (SSSR count). The Morgan fingerprint density at radius 1 is 1.12 bits per heavy atom. The van der Waals surface area contributed by atoms with Crippen molar-refractivity contribution >= 4 is 46.0 Å². The number of fused-ring (bicyclic) bond motifs is 3. The second kappa shape index (κ2) is 6.08. The van der Waals surface area contributed by atoms with Crippen LogP contribution in [0.5, 0.6) is 0 Å². The maximum absolute atomic E-state index is 12.8. The van der Waals surface area contributed by atoms with Crippen LogP contribution in [0.3, 0.4) is 0 Å². The summed E-state index contributed by atoms with van der Waals surface area (Å²) in [5.41, 5.74) is 1.18. The Kier molecular flexibility index (Phi) is 4.39. The van der Waals surface area contributed by atoms with Crippen LogP contribution in [0.15, 0.2) is 12.1 Å². The molecule has 0 atom stereocenters. The predicted octanol–water partition coefficient (Wildman–Crippen LogP) is 5.64. The summed E-state index contributed by atoms with van der Waals surface area (Å²) in [7, 11) is 0. The molecular formula is C18H19Cl2NO3. The van der Waals surface area contributed by atoms with Gasteiger partial charge in [0.15, 0.2) is 5.78 Å². The molecule has 0 amide bonds. The smallest absolute Gasteiger partial charge is 0.419 e. The van der Waals surface area contributed by atoms with E-state index in [0.717, 1.165) is 30.2 Å². The van der Waals surface area contributed by atoms with Crippen molar-refractivity contribution in [3.63, 3.8) is 0 Å². The van der Waals surface area contributed by atoms with E-state index in [1.54, 1.807) is 32.9 Å². The lowest BCUT2D eigenvalue weighted by atomic mass is 10.1. The van der Waals surface area contributed by atoms with Crippen molar-refractivity contribution in [1.29, 1.82) is 0 Å². The molecule has 0 N–H and O–H groups in total. The third kappa shape index (κ3) is 3.05. The number of Topliss-reactive ketones (excluding diaryl/α,β-unsaturated/α-hetero) is 1. The summed E-state index contributed by atoms with van der Waals surface area (Å²) in [4.78, 5) is 25.4. The first-order valence-electron chi connectivity index (χ1n) is 7.98. The number of carbonyl (C=O) groups is 2. The average Bonchev–Trinajstić information content (AvgIpc) is 2.63. The van der Waals surface area contributed by atoms with Gasteiger partial charge < -0.3 is 4.74 Å². The Labute approximate surface area is 150 Å². The molecule has 1 aliphatic rings. The van der Waals surface area contributed by atoms with Crippen molar-refractivity contribution in [1.82, 2.24) is 4.57 Å². The molecule has 0 aliphatic heterocycles. The first-order chi connectivity index (χ1) is 11.2. The zero-order valence-corrected chi connectivity index (χ0v) is 15.4. The van der Waals surface area contributed by atoms with Gasteiger partial charge in [-0.1, -0.05) is 23.2 Å². The number of hydrogen-bond donors (Lipinski definition) is 0. The zero-order valence-electron chi connectivity index (χ0n) is 13.9. The maximum Gasteiger partial charge on any atom is 0.419 e. The molecule has 0 fully saturated rings. The minimum absolute atomic E-state index is 0.0446. The third-order valence-electron chi connectivity index (χ3n) is 4.03. The molecule has 0 spiro atoms. The third-order valence-corrected chi connectivity index (χ3v) is 4.76. The summed E-state index contributed by atoms with van der Waals surface area (Å²) in [6.45, 7) is 5.38. The Hall–Kier alpha value is -1.52. The number of hydrogen-bond acceptors (Lipinski definition) is 3. The van der Waals surface area contributed by atoms with E-state index in [-0.39, 0.29) is 5.78 Å². The van der Waals surface area contributed by atoms with Gasteiger partial charge in [0, 0.05) is 11.8 Å². The van der Waals surface area contributed by atoms with Crippen molar-refractivity contribution in [3.8, 4) is 0 Å². The van der Waals surface area contributed by atoms with Crippen LogP contribution >= 0.6 is 23.2 Å². The lowest BCUT2D eigenvalue weighted by molar-refractivity contribution is 0.0535. The molecule has 0 saturated carbocycles. The normalized spacial score (nSPS) is 15.3. The van der Waals surface area contributed by atoms with E-state index in [1.807, 2.05) is 0 Å². The van der Waals surface area contributed by atoms with Crippen LogP contribution in [-0.2, 0) is 11.2 Å². The molecule has 2 aromatic rings. The lowest BCUT2D eigenvalue weighted by Gasteiger charge is -2.20. The van der Waals surface area contributed by atoms with Crippen molar-refractivity contribution < 1.29 is 14.3 Å². The van der Waals surface area contributed by atoms with Gasteiger partial charge in [-0.05, 0) is 57.7 Å². The van der Waals surface area contributed by atoms with Crippen molar-refractivity contribution in [2.75, 3.05) is 0 Å². The van der Waals surface area contributed by atoms with E-state index in [2.05, 4.69) is 0 Å². The molecule has 6 heteroatoms. The summed E-state index contributed by atoms with van der Waals surface area (Å²) in [5, 5.41) is 1.54. The van der Waals surface area contributed by atoms with E-state index in [9.17, 15) is 9.59 Å². The maximum atomic E-state index is 12.8. The summed E-state index contributed by atoms with van der Waals surface area (Å²) >= 11 is 12.3. The quantitative estimate of drug-likeness (QED) is 0.566. The Bertz CT molecular complexity index is 846. The molecule has 0 saturated heterocycles. The van der Waals surface area contributed by atoms with Gasteiger partial charge in [-0.25, -0.2) is 9.36 Å². The second-order valence-corrected chi connectivity index (χ2v) is 7.87. The first kappa shape index (κ1) is 17.3. The van der Waals surface area contributed by atoms with E-state index in [1.165, 1.54) is 4.57 Å². The molecule has 24 heavy (non-hydrogen) atoms. The molecule has 1 heterocycles. The van der Waals surface area contributed by atoms with Gasteiger partial charge >= 0.3 is 6.09 Å². The van der Waals surface area contributed by atoms with Crippen LogP contribution in [0.2, 0.25) is 10.0 Å². The summed E-state index contributed by atoms with van der Waals surface area (Å²) in [6, 6.07) is 3.36. The Morgan fingerprint density at radius 2 is 1.75 bits per heavy atom. The van der Waals surface area contributed by atoms with Gasteiger partial charge in [0.2, 0.25) is 0 Å². The number of rotatable bonds is 0. The van der Waals surface area contributed by atoms with Crippen LogP contribution in [0.1, 0.15) is 56.1 Å². The molecular weight excluding hydrogens is 349 g/mol. The highest BCUT2D eigenvalue weighted by Crippen LogP contribution is 2.36. The highest BCUT2D eigenvalue weighted by atomic mass is 35.5. The van der Waals surface area contributed by atoms with E-state index >= 15 is 0 Å². The minimum atomic E-state index is -0.662. The largest absolute Gasteiger partial charge is 0.443 e. The van der Waals surface area contributed by atoms with Crippen molar-refractivity contribution in [3.05, 3.63) is 33.4 Å². The fraction of sp³-hybridized carbons (Fsp3) is 0.444. The summed E-state index contributed by atoms with van der Waals surface area (Å²) in [5.74, 6) is -0.0446. The number of ketones is 1. The topological polar surface area (TPSA) is 48.3 Å². The number of aromatic nitrogens is 1. The summed E-state index contributed by atoms with van der Waals surface area (Å²) < 4.78 is 6.88. The predicted molar refractivity (Wildman–Crippen MR) is 95.5 cm³/mol. The second-order valence-electron chi connectivity index (χ2n) is 7.06. The van der Waals surface area contributed by atoms with Crippen LogP contribution in [0, 0.1) is 0 Å². The van der Waals surface area contributed by atoms with E-state index < -0.39 is 11.7 Å². The van der Waals surface area contributed by atoms with Gasteiger partial charge in [0.25, 0.3) is 0 Å². The Morgan fingerprint density at radius 3 is 2.42 bits per heavy atom. The van der Waals surface area contributed by atoms with Crippen LogP contribution in [-0.4, -0.2) is 22.0 Å². The molecule has 0 radical (unpaired) electrons.